The highest BCUT2D eigenvalue weighted by molar-refractivity contribution is 6.01. The van der Waals surface area contributed by atoms with Crippen molar-refractivity contribution in [3.63, 3.8) is 0 Å². The number of ether oxygens (including phenoxy) is 1. The molecule has 1 fully saturated rings. The summed E-state index contributed by atoms with van der Waals surface area (Å²) in [6.07, 6.45) is 3.93. The number of furan rings is 1. The van der Waals surface area contributed by atoms with Crippen LogP contribution in [-0.4, -0.2) is 62.1 Å². The number of amides is 2. The molecule has 0 aliphatic carbocycles. The maximum atomic E-state index is 12.6. The molecule has 2 amide bonds. The number of carbonyl (C=O) groups excluding carboxylic acids is 2. The molecule has 0 radical (unpaired) electrons. The van der Waals surface area contributed by atoms with Gasteiger partial charge in [0.05, 0.1) is 24.1 Å². The lowest BCUT2D eigenvalue weighted by Gasteiger charge is -2.36. The molecule has 0 spiro atoms. The van der Waals surface area contributed by atoms with Gasteiger partial charge in [-0.05, 0) is 45.0 Å². The largest absolute Gasteiger partial charge is 0.492 e. The zero-order chi connectivity index (χ0) is 22.2. The lowest BCUT2D eigenvalue weighted by Crippen LogP contribution is -2.46. The minimum absolute atomic E-state index is 0.321. The van der Waals surface area contributed by atoms with Gasteiger partial charge in [-0.15, -0.1) is 0 Å². The minimum atomic E-state index is -0.719. The zero-order valence-electron chi connectivity index (χ0n) is 18.5. The minimum Gasteiger partial charge on any atom is -0.492 e. The molecule has 3 rings (SSSR count). The van der Waals surface area contributed by atoms with E-state index in [1.807, 2.05) is 25.1 Å². The summed E-state index contributed by atoms with van der Waals surface area (Å²) in [6, 6.07) is 6.67. The summed E-state index contributed by atoms with van der Waals surface area (Å²) in [4.78, 5) is 29.6. The Kier molecular flexibility index (Phi) is 7.94. The fourth-order valence-electron chi connectivity index (χ4n) is 3.61. The number of nitrogens with zero attached hydrogens (tertiary/aromatic N) is 2. The van der Waals surface area contributed by atoms with Crippen LogP contribution in [0.3, 0.4) is 0 Å². The predicted octanol–water partition coefficient (Wildman–Crippen LogP) is 2.97. The van der Waals surface area contributed by atoms with Crippen LogP contribution < -0.4 is 20.3 Å². The molecule has 2 aromatic rings. The molecular formula is C23H32N4O4. The molecule has 1 aliphatic heterocycles. The Morgan fingerprint density at radius 3 is 2.58 bits per heavy atom. The lowest BCUT2D eigenvalue weighted by molar-refractivity contribution is -0.117. The molecule has 0 bridgehead atoms. The molecule has 1 unspecified atom stereocenters. The molecular weight excluding hydrogens is 396 g/mol. The van der Waals surface area contributed by atoms with E-state index in [-0.39, 0.29) is 11.8 Å². The SMILES string of the molecule is CCCN1CCN(c2ccc(NC(=O)C(C)NC(=O)c3ccoc3)c(OCC)c2)CC1. The molecule has 1 atom stereocenters. The van der Waals surface area contributed by atoms with Crippen molar-refractivity contribution < 1.29 is 18.7 Å². The topological polar surface area (TPSA) is 87.1 Å². The normalized spacial score (nSPS) is 15.4. The summed E-state index contributed by atoms with van der Waals surface area (Å²) in [5.74, 6) is -0.0598. The van der Waals surface area contributed by atoms with E-state index >= 15 is 0 Å². The first-order chi connectivity index (χ1) is 15.0. The fraction of sp³-hybridized carbons (Fsp3) is 0.478. The van der Waals surface area contributed by atoms with Crippen molar-refractivity contribution in [3.05, 3.63) is 42.4 Å². The third kappa shape index (κ3) is 6.01. The summed E-state index contributed by atoms with van der Waals surface area (Å²) in [5.41, 5.74) is 2.04. The van der Waals surface area contributed by atoms with E-state index in [1.54, 1.807) is 13.0 Å². The second-order valence-corrected chi connectivity index (χ2v) is 7.64. The maximum absolute atomic E-state index is 12.6. The van der Waals surface area contributed by atoms with Gasteiger partial charge in [-0.1, -0.05) is 6.92 Å². The van der Waals surface area contributed by atoms with Crippen LogP contribution in [0.2, 0.25) is 0 Å². The van der Waals surface area contributed by atoms with Crippen molar-refractivity contribution in [1.29, 1.82) is 0 Å². The molecule has 31 heavy (non-hydrogen) atoms. The molecule has 1 saturated heterocycles. The van der Waals surface area contributed by atoms with Gasteiger partial charge in [0.15, 0.2) is 0 Å². The Morgan fingerprint density at radius 2 is 1.94 bits per heavy atom. The summed E-state index contributed by atoms with van der Waals surface area (Å²) >= 11 is 0. The van der Waals surface area contributed by atoms with Gasteiger partial charge in [-0.3, -0.25) is 14.5 Å². The van der Waals surface area contributed by atoms with Gasteiger partial charge in [0, 0.05) is 37.9 Å². The van der Waals surface area contributed by atoms with Crippen LogP contribution in [0.25, 0.3) is 0 Å². The smallest absolute Gasteiger partial charge is 0.255 e. The maximum Gasteiger partial charge on any atom is 0.255 e. The third-order valence-electron chi connectivity index (χ3n) is 5.32. The van der Waals surface area contributed by atoms with E-state index < -0.39 is 6.04 Å². The number of rotatable bonds is 9. The second-order valence-electron chi connectivity index (χ2n) is 7.64. The van der Waals surface area contributed by atoms with Crippen molar-refractivity contribution >= 4 is 23.2 Å². The van der Waals surface area contributed by atoms with Crippen LogP contribution in [0.5, 0.6) is 5.75 Å². The van der Waals surface area contributed by atoms with E-state index in [4.69, 9.17) is 9.15 Å². The number of piperazine rings is 1. The van der Waals surface area contributed by atoms with Gasteiger partial charge < -0.3 is 24.7 Å². The van der Waals surface area contributed by atoms with Crippen molar-refractivity contribution in [2.24, 2.45) is 0 Å². The highest BCUT2D eigenvalue weighted by atomic mass is 16.5. The van der Waals surface area contributed by atoms with Gasteiger partial charge in [0.1, 0.15) is 18.1 Å². The Bertz CT molecular complexity index is 860. The second kappa shape index (κ2) is 10.9. The molecule has 2 N–H and O–H groups in total. The summed E-state index contributed by atoms with van der Waals surface area (Å²) in [5, 5.41) is 5.54. The quantitative estimate of drug-likeness (QED) is 0.639. The molecule has 1 aromatic heterocycles. The van der Waals surface area contributed by atoms with E-state index in [0.717, 1.165) is 38.4 Å². The van der Waals surface area contributed by atoms with Gasteiger partial charge in [0.25, 0.3) is 5.91 Å². The number of hydrogen-bond acceptors (Lipinski definition) is 6. The number of benzene rings is 1. The van der Waals surface area contributed by atoms with Crippen LogP contribution in [0.15, 0.2) is 41.2 Å². The van der Waals surface area contributed by atoms with Gasteiger partial charge in [-0.25, -0.2) is 0 Å². The highest BCUT2D eigenvalue weighted by Gasteiger charge is 2.21. The first kappa shape index (κ1) is 22.7. The van der Waals surface area contributed by atoms with E-state index in [9.17, 15) is 9.59 Å². The Hall–Kier alpha value is -3.00. The molecule has 8 nitrogen and oxygen atoms in total. The molecule has 8 heteroatoms. The van der Waals surface area contributed by atoms with Gasteiger partial charge in [-0.2, -0.15) is 0 Å². The van der Waals surface area contributed by atoms with Crippen molar-refractivity contribution in [3.8, 4) is 5.75 Å². The molecule has 168 valence electrons. The zero-order valence-corrected chi connectivity index (χ0v) is 18.5. The van der Waals surface area contributed by atoms with E-state index in [0.29, 0.717) is 23.6 Å². The summed E-state index contributed by atoms with van der Waals surface area (Å²) in [6.45, 7) is 11.4. The Morgan fingerprint density at radius 1 is 1.16 bits per heavy atom. The first-order valence-electron chi connectivity index (χ1n) is 10.9. The number of carbonyl (C=O) groups is 2. The van der Waals surface area contributed by atoms with Crippen LogP contribution in [0.4, 0.5) is 11.4 Å². The fourth-order valence-corrected chi connectivity index (χ4v) is 3.61. The standard InChI is InChI=1S/C23H32N4O4/c1-4-9-26-10-12-27(13-11-26)19-6-7-20(21(15-19)31-5-2)25-22(28)17(3)24-23(29)18-8-14-30-16-18/h6-8,14-17H,4-5,9-13H2,1-3H3,(H,24,29)(H,25,28). The number of hydrogen-bond donors (Lipinski definition) is 2. The Balaban J connectivity index is 1.64. The monoisotopic (exact) mass is 428 g/mol. The lowest BCUT2D eigenvalue weighted by atomic mass is 10.2. The first-order valence-corrected chi connectivity index (χ1v) is 10.9. The molecule has 0 saturated carbocycles. The molecule has 1 aromatic carbocycles. The van der Waals surface area contributed by atoms with Crippen LogP contribution in [0, 0.1) is 0 Å². The van der Waals surface area contributed by atoms with E-state index in [2.05, 4.69) is 27.4 Å². The van der Waals surface area contributed by atoms with Crippen molar-refractivity contribution in [2.45, 2.75) is 33.2 Å². The van der Waals surface area contributed by atoms with Crippen LogP contribution in [-0.2, 0) is 4.79 Å². The third-order valence-corrected chi connectivity index (χ3v) is 5.32. The van der Waals surface area contributed by atoms with Gasteiger partial charge in [0.2, 0.25) is 5.91 Å². The van der Waals surface area contributed by atoms with Crippen molar-refractivity contribution in [1.82, 2.24) is 10.2 Å². The predicted molar refractivity (Wildman–Crippen MR) is 121 cm³/mol. The average Bonchev–Trinajstić information content (AvgIpc) is 3.31. The number of nitrogens with one attached hydrogen (secondary N) is 2. The summed E-state index contributed by atoms with van der Waals surface area (Å²) in [7, 11) is 0. The van der Waals surface area contributed by atoms with Crippen LogP contribution in [0.1, 0.15) is 37.6 Å². The van der Waals surface area contributed by atoms with Gasteiger partial charge >= 0.3 is 0 Å². The van der Waals surface area contributed by atoms with Crippen molar-refractivity contribution in [2.75, 3.05) is 49.5 Å². The average molecular weight is 429 g/mol. The van der Waals surface area contributed by atoms with Crippen LogP contribution >= 0.6 is 0 Å². The molecule has 2 heterocycles. The molecule has 1 aliphatic rings. The Labute approximate surface area is 183 Å². The van der Waals surface area contributed by atoms with E-state index in [1.165, 1.54) is 18.9 Å². The number of anilines is 2. The summed E-state index contributed by atoms with van der Waals surface area (Å²) < 4.78 is 10.7. The highest BCUT2D eigenvalue weighted by Crippen LogP contribution is 2.31.